The van der Waals surface area contributed by atoms with Crippen molar-refractivity contribution >= 4 is 16.8 Å². The highest BCUT2D eigenvalue weighted by Gasteiger charge is 2.25. The Morgan fingerprint density at radius 3 is 2.51 bits per heavy atom. The van der Waals surface area contributed by atoms with Crippen LogP contribution in [0.3, 0.4) is 0 Å². The molecule has 2 aromatic carbocycles. The van der Waals surface area contributed by atoms with E-state index in [0.717, 1.165) is 40.8 Å². The van der Waals surface area contributed by atoms with Crippen LogP contribution in [0.4, 0.5) is 0 Å². The molecule has 0 bridgehead atoms. The molecule has 4 heterocycles. The Hall–Kier alpha value is -4.43. The number of aromatic nitrogens is 4. The number of pyridine rings is 2. The third kappa shape index (κ3) is 4.83. The van der Waals surface area contributed by atoms with Crippen molar-refractivity contribution in [3.63, 3.8) is 0 Å². The predicted octanol–water partition coefficient (Wildman–Crippen LogP) is 4.61. The summed E-state index contributed by atoms with van der Waals surface area (Å²) in [6.07, 6.45) is 3.50. The third-order valence-electron chi connectivity index (χ3n) is 6.70. The van der Waals surface area contributed by atoms with E-state index in [1.54, 1.807) is 12.4 Å². The Balaban J connectivity index is 1.16. The molecule has 8 nitrogen and oxygen atoms in total. The van der Waals surface area contributed by atoms with Crippen molar-refractivity contribution in [2.24, 2.45) is 0 Å². The highest BCUT2D eigenvalue weighted by molar-refractivity contribution is 6.07. The van der Waals surface area contributed by atoms with Crippen LogP contribution in [0.15, 0.2) is 83.6 Å². The summed E-state index contributed by atoms with van der Waals surface area (Å²) in [4.78, 5) is 31.4. The number of benzene rings is 2. The summed E-state index contributed by atoms with van der Waals surface area (Å²) in [6.45, 7) is 5.31. The lowest BCUT2D eigenvalue weighted by molar-refractivity contribution is 0.0617. The average molecular weight is 491 g/mol. The van der Waals surface area contributed by atoms with Crippen LogP contribution in [0, 0.1) is 6.92 Å². The number of aryl methyl sites for hydroxylation is 1. The maximum Gasteiger partial charge on any atom is 0.254 e. The minimum absolute atomic E-state index is 0.0165. The molecular weight excluding hydrogens is 464 g/mol. The van der Waals surface area contributed by atoms with E-state index in [1.165, 1.54) is 5.56 Å². The second kappa shape index (κ2) is 9.91. The largest absolute Gasteiger partial charge is 0.338 e. The Kier molecular flexibility index (Phi) is 6.16. The number of hydrogen-bond donors (Lipinski definition) is 0. The molecule has 0 spiro atoms. The average Bonchev–Trinajstić information content (AvgIpc) is 3.42. The summed E-state index contributed by atoms with van der Waals surface area (Å²) in [5.41, 5.74) is 5.22. The van der Waals surface area contributed by atoms with Gasteiger partial charge in [-0.3, -0.25) is 14.7 Å². The van der Waals surface area contributed by atoms with E-state index in [1.807, 2.05) is 78.6 Å². The number of carbonyl (C=O) groups excluding carboxylic acids is 1. The van der Waals surface area contributed by atoms with Gasteiger partial charge in [-0.1, -0.05) is 53.2 Å². The number of amides is 1. The number of nitrogens with zero attached hydrogens (tertiary/aromatic N) is 6. The number of piperazine rings is 1. The zero-order chi connectivity index (χ0) is 25.2. The summed E-state index contributed by atoms with van der Waals surface area (Å²) in [7, 11) is 0. The molecule has 1 fully saturated rings. The molecule has 1 aliphatic rings. The standard InChI is InChI=1S/C29H26N6O2/c1-20-8-10-21(11-9-20)28-32-27(37-33-28)19-34-13-15-35(16-14-34)29(36)24-17-26(22-5-4-12-30-18-22)31-25-7-3-2-6-23(24)25/h2-12,17-18H,13-16,19H2,1H3. The van der Waals surface area contributed by atoms with Crippen molar-refractivity contribution < 1.29 is 9.32 Å². The van der Waals surface area contributed by atoms with Crippen LogP contribution in [0.2, 0.25) is 0 Å². The number of para-hydroxylation sites is 1. The summed E-state index contributed by atoms with van der Waals surface area (Å²) < 4.78 is 5.50. The topological polar surface area (TPSA) is 88.3 Å². The molecule has 1 saturated heterocycles. The van der Waals surface area contributed by atoms with E-state index in [2.05, 4.69) is 20.0 Å². The molecule has 0 unspecified atom stereocenters. The van der Waals surface area contributed by atoms with Crippen LogP contribution in [0.1, 0.15) is 21.8 Å². The van der Waals surface area contributed by atoms with Crippen LogP contribution in [-0.4, -0.2) is 62.0 Å². The Morgan fingerprint density at radius 2 is 1.73 bits per heavy atom. The van der Waals surface area contributed by atoms with Gasteiger partial charge in [-0.05, 0) is 31.2 Å². The smallest absolute Gasteiger partial charge is 0.254 e. The molecule has 6 rings (SSSR count). The lowest BCUT2D eigenvalue weighted by Gasteiger charge is -2.34. The van der Waals surface area contributed by atoms with Crippen molar-refractivity contribution in [2.45, 2.75) is 13.5 Å². The molecule has 0 N–H and O–H groups in total. The zero-order valence-electron chi connectivity index (χ0n) is 20.5. The van der Waals surface area contributed by atoms with Gasteiger partial charge in [0.2, 0.25) is 11.7 Å². The zero-order valence-corrected chi connectivity index (χ0v) is 20.5. The fourth-order valence-corrected chi connectivity index (χ4v) is 4.62. The van der Waals surface area contributed by atoms with E-state index in [0.29, 0.717) is 36.9 Å². The first-order chi connectivity index (χ1) is 18.1. The number of rotatable bonds is 5. The molecule has 37 heavy (non-hydrogen) atoms. The van der Waals surface area contributed by atoms with Gasteiger partial charge in [-0.15, -0.1) is 0 Å². The van der Waals surface area contributed by atoms with Crippen LogP contribution in [-0.2, 0) is 6.54 Å². The molecule has 0 atom stereocenters. The van der Waals surface area contributed by atoms with Gasteiger partial charge < -0.3 is 9.42 Å². The van der Waals surface area contributed by atoms with Gasteiger partial charge >= 0.3 is 0 Å². The lowest BCUT2D eigenvalue weighted by Crippen LogP contribution is -2.48. The molecule has 0 aliphatic carbocycles. The van der Waals surface area contributed by atoms with E-state index in [4.69, 9.17) is 9.51 Å². The molecular formula is C29H26N6O2. The van der Waals surface area contributed by atoms with Crippen molar-refractivity contribution in [3.8, 4) is 22.6 Å². The van der Waals surface area contributed by atoms with Crippen molar-refractivity contribution in [2.75, 3.05) is 26.2 Å². The van der Waals surface area contributed by atoms with E-state index < -0.39 is 0 Å². The number of carbonyl (C=O) groups is 1. The van der Waals surface area contributed by atoms with Gasteiger partial charge in [0, 0.05) is 55.1 Å². The molecule has 3 aromatic heterocycles. The molecule has 184 valence electrons. The molecule has 0 saturated carbocycles. The van der Waals surface area contributed by atoms with Gasteiger partial charge in [0.15, 0.2) is 0 Å². The van der Waals surface area contributed by atoms with Crippen LogP contribution in [0.25, 0.3) is 33.5 Å². The SMILES string of the molecule is Cc1ccc(-c2noc(CN3CCN(C(=O)c4cc(-c5cccnc5)nc5ccccc45)CC3)n2)cc1. The number of fused-ring (bicyclic) bond motifs is 1. The highest BCUT2D eigenvalue weighted by Crippen LogP contribution is 2.26. The molecule has 8 heteroatoms. The van der Waals surface area contributed by atoms with Gasteiger partial charge in [-0.25, -0.2) is 4.98 Å². The fourth-order valence-electron chi connectivity index (χ4n) is 4.62. The van der Waals surface area contributed by atoms with E-state index in [9.17, 15) is 4.79 Å². The minimum Gasteiger partial charge on any atom is -0.338 e. The molecule has 5 aromatic rings. The summed E-state index contributed by atoms with van der Waals surface area (Å²) in [5, 5.41) is 5.00. The summed E-state index contributed by atoms with van der Waals surface area (Å²) >= 11 is 0. The maximum absolute atomic E-state index is 13.7. The molecule has 0 radical (unpaired) electrons. The van der Waals surface area contributed by atoms with Gasteiger partial charge in [0.25, 0.3) is 5.91 Å². The second-order valence-corrected chi connectivity index (χ2v) is 9.26. The lowest BCUT2D eigenvalue weighted by atomic mass is 10.0. The second-order valence-electron chi connectivity index (χ2n) is 9.26. The first-order valence-corrected chi connectivity index (χ1v) is 12.4. The van der Waals surface area contributed by atoms with Crippen molar-refractivity contribution in [1.29, 1.82) is 0 Å². The quantitative estimate of drug-likeness (QED) is 0.355. The predicted molar refractivity (Wildman–Crippen MR) is 141 cm³/mol. The van der Waals surface area contributed by atoms with Gasteiger partial charge in [-0.2, -0.15) is 4.98 Å². The highest BCUT2D eigenvalue weighted by atomic mass is 16.5. The van der Waals surface area contributed by atoms with Crippen molar-refractivity contribution in [1.82, 2.24) is 29.9 Å². The first-order valence-electron chi connectivity index (χ1n) is 12.4. The Morgan fingerprint density at radius 1 is 0.919 bits per heavy atom. The van der Waals surface area contributed by atoms with Crippen molar-refractivity contribution in [3.05, 3.63) is 96.1 Å². The molecule has 1 aliphatic heterocycles. The van der Waals surface area contributed by atoms with Gasteiger partial charge in [0.05, 0.1) is 23.3 Å². The maximum atomic E-state index is 13.7. The monoisotopic (exact) mass is 490 g/mol. The summed E-state index contributed by atoms with van der Waals surface area (Å²) in [5.74, 6) is 1.19. The fraction of sp³-hybridized carbons (Fsp3) is 0.207. The van der Waals surface area contributed by atoms with Crippen LogP contribution >= 0.6 is 0 Å². The van der Waals surface area contributed by atoms with Crippen LogP contribution in [0.5, 0.6) is 0 Å². The normalized spacial score (nSPS) is 14.2. The van der Waals surface area contributed by atoms with Gasteiger partial charge in [0.1, 0.15) is 0 Å². The minimum atomic E-state index is 0.0165. The third-order valence-corrected chi connectivity index (χ3v) is 6.70. The van der Waals surface area contributed by atoms with E-state index >= 15 is 0 Å². The Labute approximate surface area is 214 Å². The van der Waals surface area contributed by atoms with E-state index in [-0.39, 0.29) is 5.91 Å². The summed E-state index contributed by atoms with van der Waals surface area (Å²) in [6, 6.07) is 21.6. The number of hydrogen-bond acceptors (Lipinski definition) is 7. The van der Waals surface area contributed by atoms with Crippen LogP contribution < -0.4 is 0 Å². The molecule has 1 amide bonds. The first kappa shape index (κ1) is 23.0. The Bertz CT molecular complexity index is 1540.